The van der Waals surface area contributed by atoms with Crippen molar-refractivity contribution in [1.29, 1.82) is 0 Å². The molecule has 0 aromatic carbocycles. The standard InChI is InChI=1S/C10H11ClO2S/c1-4-6-7(5-2)14-9(8(6)11)10(12)13-3/h4-5H,1-3H3/b6-4+,7-5+. The maximum Gasteiger partial charge on any atom is 0.349 e. The van der Waals surface area contributed by atoms with Crippen molar-refractivity contribution >= 4 is 41.1 Å². The molecule has 0 saturated heterocycles. The second-order valence-corrected chi connectivity index (χ2v) is 4.02. The predicted octanol–water partition coefficient (Wildman–Crippen LogP) is 1.79. The summed E-state index contributed by atoms with van der Waals surface area (Å²) >= 11 is 7.39. The first-order chi connectivity index (χ1) is 6.65. The summed E-state index contributed by atoms with van der Waals surface area (Å²) in [4.78, 5) is 11.8. The van der Waals surface area contributed by atoms with Gasteiger partial charge < -0.3 is 4.74 Å². The Labute approximate surface area is 91.5 Å². The summed E-state index contributed by atoms with van der Waals surface area (Å²) < 4.78 is 5.63. The maximum atomic E-state index is 11.3. The fraction of sp³-hybridized carbons (Fsp3) is 0.300. The Kier molecular flexibility index (Phi) is 3.72. The van der Waals surface area contributed by atoms with Gasteiger partial charge in [-0.2, -0.15) is 0 Å². The molecule has 0 aliphatic carbocycles. The molecule has 0 spiro atoms. The quantitative estimate of drug-likeness (QED) is 0.688. The molecule has 0 radical (unpaired) electrons. The molecule has 0 aliphatic heterocycles. The molecule has 0 aliphatic rings. The molecule has 1 aromatic rings. The maximum absolute atomic E-state index is 11.3. The second-order valence-electron chi connectivity index (χ2n) is 2.59. The van der Waals surface area contributed by atoms with Crippen LogP contribution in [-0.2, 0) is 4.74 Å². The minimum Gasteiger partial charge on any atom is -0.465 e. The molecule has 0 fully saturated rings. The average molecular weight is 231 g/mol. The topological polar surface area (TPSA) is 26.3 Å². The van der Waals surface area contributed by atoms with Gasteiger partial charge >= 0.3 is 5.97 Å². The summed E-state index contributed by atoms with van der Waals surface area (Å²) in [6.45, 7) is 3.80. The van der Waals surface area contributed by atoms with Crippen LogP contribution in [0.3, 0.4) is 0 Å². The van der Waals surface area contributed by atoms with E-state index in [4.69, 9.17) is 11.6 Å². The normalized spacial score (nSPS) is 13.4. The van der Waals surface area contributed by atoms with Crippen molar-refractivity contribution in [2.24, 2.45) is 0 Å². The van der Waals surface area contributed by atoms with Crippen molar-refractivity contribution < 1.29 is 9.53 Å². The number of ether oxygens (including phenoxy) is 1. The molecule has 14 heavy (non-hydrogen) atoms. The van der Waals surface area contributed by atoms with E-state index in [9.17, 15) is 4.79 Å². The third kappa shape index (κ3) is 1.83. The van der Waals surface area contributed by atoms with Crippen molar-refractivity contribution in [2.45, 2.75) is 13.8 Å². The zero-order valence-corrected chi connectivity index (χ0v) is 9.83. The van der Waals surface area contributed by atoms with Crippen LogP contribution in [0.1, 0.15) is 23.5 Å². The highest BCUT2D eigenvalue weighted by molar-refractivity contribution is 7.12. The van der Waals surface area contributed by atoms with Crippen LogP contribution >= 0.6 is 22.9 Å². The highest BCUT2D eigenvalue weighted by Crippen LogP contribution is 2.15. The zero-order chi connectivity index (χ0) is 10.7. The molecule has 1 rings (SSSR count). The molecule has 76 valence electrons. The molecule has 0 saturated carbocycles. The van der Waals surface area contributed by atoms with Crippen molar-refractivity contribution in [3.8, 4) is 0 Å². The fourth-order valence-electron chi connectivity index (χ4n) is 1.15. The first-order valence-corrected chi connectivity index (χ1v) is 5.34. The molecule has 0 amide bonds. The first kappa shape index (κ1) is 11.3. The van der Waals surface area contributed by atoms with E-state index in [0.717, 1.165) is 9.75 Å². The van der Waals surface area contributed by atoms with Gasteiger partial charge in [-0.1, -0.05) is 23.8 Å². The van der Waals surface area contributed by atoms with E-state index in [2.05, 4.69) is 4.74 Å². The van der Waals surface area contributed by atoms with Gasteiger partial charge in [0.1, 0.15) is 4.88 Å². The molecule has 2 nitrogen and oxygen atoms in total. The van der Waals surface area contributed by atoms with E-state index < -0.39 is 0 Å². The Morgan fingerprint density at radius 2 is 2.07 bits per heavy atom. The van der Waals surface area contributed by atoms with Crippen molar-refractivity contribution in [3.63, 3.8) is 0 Å². The Bertz CT molecular complexity index is 459. The molecule has 1 aromatic heterocycles. The summed E-state index contributed by atoms with van der Waals surface area (Å²) in [5.41, 5.74) is 0. The van der Waals surface area contributed by atoms with Crippen molar-refractivity contribution in [3.05, 3.63) is 19.7 Å². The largest absolute Gasteiger partial charge is 0.465 e. The number of carbonyl (C=O) groups is 1. The van der Waals surface area contributed by atoms with E-state index in [1.165, 1.54) is 18.4 Å². The van der Waals surface area contributed by atoms with Crippen molar-refractivity contribution in [1.82, 2.24) is 0 Å². The smallest absolute Gasteiger partial charge is 0.349 e. The summed E-state index contributed by atoms with van der Waals surface area (Å²) in [6.07, 6.45) is 3.82. The molecule has 1 heterocycles. The monoisotopic (exact) mass is 230 g/mol. The van der Waals surface area contributed by atoms with Crippen LogP contribution in [0.4, 0.5) is 0 Å². The van der Waals surface area contributed by atoms with Crippen LogP contribution in [0, 0.1) is 0 Å². The van der Waals surface area contributed by atoms with Crippen LogP contribution in [0.25, 0.3) is 12.2 Å². The Hall–Kier alpha value is -0.800. The lowest BCUT2D eigenvalue weighted by Crippen LogP contribution is -2.17. The van der Waals surface area contributed by atoms with Gasteiger partial charge in [-0.25, -0.2) is 4.79 Å². The number of hydrogen-bond acceptors (Lipinski definition) is 3. The lowest BCUT2D eigenvalue weighted by molar-refractivity contribution is 0.0606. The van der Waals surface area contributed by atoms with Gasteiger partial charge in [0.2, 0.25) is 0 Å². The number of methoxy groups -OCH3 is 1. The zero-order valence-electron chi connectivity index (χ0n) is 8.26. The lowest BCUT2D eigenvalue weighted by atomic mass is 10.3. The van der Waals surface area contributed by atoms with Crippen LogP contribution in [0.5, 0.6) is 0 Å². The van der Waals surface area contributed by atoms with Gasteiger partial charge in [0.25, 0.3) is 0 Å². The van der Waals surface area contributed by atoms with Gasteiger partial charge in [0, 0.05) is 9.75 Å². The van der Waals surface area contributed by atoms with Crippen LogP contribution in [0.15, 0.2) is 0 Å². The Morgan fingerprint density at radius 3 is 2.43 bits per heavy atom. The Morgan fingerprint density at radius 1 is 1.43 bits per heavy atom. The molecular weight excluding hydrogens is 220 g/mol. The van der Waals surface area contributed by atoms with E-state index >= 15 is 0 Å². The minimum atomic E-state index is -0.379. The highest BCUT2D eigenvalue weighted by Gasteiger charge is 2.14. The van der Waals surface area contributed by atoms with Crippen molar-refractivity contribution in [2.75, 3.05) is 7.11 Å². The number of rotatable bonds is 1. The van der Waals surface area contributed by atoms with E-state index in [0.29, 0.717) is 9.90 Å². The van der Waals surface area contributed by atoms with E-state index in [1.54, 1.807) is 0 Å². The number of thiophene rings is 1. The summed E-state index contributed by atoms with van der Waals surface area (Å²) in [5, 5.41) is 1.39. The van der Waals surface area contributed by atoms with Gasteiger partial charge in [-0.05, 0) is 13.8 Å². The average Bonchev–Trinajstić information content (AvgIpc) is 2.53. The molecule has 0 N–H and O–H groups in total. The van der Waals surface area contributed by atoms with Crippen LogP contribution in [0.2, 0.25) is 5.02 Å². The lowest BCUT2D eigenvalue weighted by Gasteiger charge is -1.93. The molecular formula is C10H11ClO2S. The SMILES string of the molecule is C/C=c1/sc(C(=O)OC)c(Cl)/c1=C/C. The van der Waals surface area contributed by atoms with Crippen LogP contribution in [-0.4, -0.2) is 13.1 Å². The third-order valence-electron chi connectivity index (χ3n) is 1.83. The van der Waals surface area contributed by atoms with Gasteiger partial charge in [0.05, 0.1) is 12.1 Å². The highest BCUT2D eigenvalue weighted by atomic mass is 35.5. The minimum absolute atomic E-state index is 0.379. The van der Waals surface area contributed by atoms with E-state index in [-0.39, 0.29) is 5.97 Å². The number of esters is 1. The number of hydrogen-bond donors (Lipinski definition) is 0. The number of carbonyl (C=O) groups excluding carboxylic acids is 1. The molecule has 0 unspecified atom stereocenters. The predicted molar refractivity (Wildman–Crippen MR) is 60.2 cm³/mol. The van der Waals surface area contributed by atoms with E-state index in [1.807, 2.05) is 26.0 Å². The second kappa shape index (κ2) is 4.62. The number of halogens is 1. The Balaban J connectivity index is 3.52. The summed E-state index contributed by atoms with van der Waals surface area (Å²) in [6, 6.07) is 0. The summed E-state index contributed by atoms with van der Waals surface area (Å²) in [5.74, 6) is -0.379. The molecule has 0 bridgehead atoms. The van der Waals surface area contributed by atoms with Gasteiger partial charge in [0.15, 0.2) is 0 Å². The molecule has 0 atom stereocenters. The van der Waals surface area contributed by atoms with Gasteiger partial charge in [-0.3, -0.25) is 0 Å². The summed E-state index contributed by atoms with van der Waals surface area (Å²) in [7, 11) is 1.35. The fourth-order valence-corrected chi connectivity index (χ4v) is 2.64. The van der Waals surface area contributed by atoms with Crippen LogP contribution < -0.4 is 9.75 Å². The van der Waals surface area contributed by atoms with Gasteiger partial charge in [-0.15, -0.1) is 11.3 Å². The first-order valence-electron chi connectivity index (χ1n) is 4.15. The third-order valence-corrected chi connectivity index (χ3v) is 3.59. The molecule has 4 heteroatoms.